The van der Waals surface area contributed by atoms with Crippen LogP contribution in [-0.4, -0.2) is 35.2 Å². The predicted octanol–water partition coefficient (Wildman–Crippen LogP) is 2.69. The second kappa shape index (κ2) is 6.82. The summed E-state index contributed by atoms with van der Waals surface area (Å²) in [5.41, 5.74) is 3.09. The molecule has 1 aromatic carbocycles. The van der Waals surface area contributed by atoms with Gasteiger partial charge < -0.3 is 15.0 Å². The number of ether oxygens (including phenoxy) is 1. The maximum Gasteiger partial charge on any atom is 0.264 e. The van der Waals surface area contributed by atoms with Gasteiger partial charge in [-0.15, -0.1) is 0 Å². The molecule has 7 nitrogen and oxygen atoms in total. The van der Waals surface area contributed by atoms with E-state index in [4.69, 9.17) is 4.74 Å². The van der Waals surface area contributed by atoms with Gasteiger partial charge in [0, 0.05) is 18.4 Å². The maximum absolute atomic E-state index is 12.9. The summed E-state index contributed by atoms with van der Waals surface area (Å²) in [7, 11) is 1.70. The van der Waals surface area contributed by atoms with Crippen LogP contribution in [0.1, 0.15) is 31.3 Å². The van der Waals surface area contributed by atoms with Crippen molar-refractivity contribution in [3.8, 4) is 5.75 Å². The molecule has 1 N–H and O–H groups in total. The maximum atomic E-state index is 12.9. The van der Waals surface area contributed by atoms with Crippen molar-refractivity contribution in [3.05, 3.63) is 35.7 Å². The highest BCUT2D eigenvalue weighted by atomic mass is 16.5. The number of likely N-dealkylation sites (N-methyl/N-ethyl adjacent to an activating group) is 1. The van der Waals surface area contributed by atoms with Gasteiger partial charge >= 0.3 is 0 Å². The number of aryl methyl sites for hydroxylation is 2. The van der Waals surface area contributed by atoms with Crippen LogP contribution >= 0.6 is 0 Å². The van der Waals surface area contributed by atoms with Crippen LogP contribution in [-0.2, 0) is 9.59 Å². The molecular formula is C19H24N4O3. The van der Waals surface area contributed by atoms with Gasteiger partial charge in [-0.3, -0.25) is 14.3 Å². The number of carbonyl (C=O) groups is 2. The molecule has 26 heavy (non-hydrogen) atoms. The van der Waals surface area contributed by atoms with Gasteiger partial charge in [-0.05, 0) is 44.0 Å². The number of carbonyl (C=O) groups excluding carboxylic acids is 2. The Morgan fingerprint density at radius 2 is 2.00 bits per heavy atom. The highest BCUT2D eigenvalue weighted by Gasteiger charge is 2.27. The van der Waals surface area contributed by atoms with Gasteiger partial charge in [-0.1, -0.05) is 13.8 Å². The zero-order valence-corrected chi connectivity index (χ0v) is 15.7. The van der Waals surface area contributed by atoms with Gasteiger partial charge in [0.05, 0.1) is 11.4 Å². The Morgan fingerprint density at radius 1 is 1.27 bits per heavy atom. The topological polar surface area (TPSA) is 76.5 Å². The molecule has 3 rings (SSSR count). The minimum atomic E-state index is -0.421. The number of nitrogens with zero attached hydrogens (tertiary/aromatic N) is 3. The third kappa shape index (κ3) is 3.29. The number of amides is 2. The summed E-state index contributed by atoms with van der Waals surface area (Å²) in [6, 6.07) is 6.83. The normalized spacial score (nSPS) is 14.8. The van der Waals surface area contributed by atoms with E-state index in [1.54, 1.807) is 29.9 Å². The molecule has 1 aliphatic rings. The van der Waals surface area contributed by atoms with Crippen LogP contribution in [0, 0.1) is 19.8 Å². The van der Waals surface area contributed by atoms with Gasteiger partial charge in [-0.2, -0.15) is 5.10 Å². The summed E-state index contributed by atoms with van der Waals surface area (Å²) < 4.78 is 7.19. The first-order valence-corrected chi connectivity index (χ1v) is 8.65. The summed E-state index contributed by atoms with van der Waals surface area (Å²) >= 11 is 0. The van der Waals surface area contributed by atoms with Gasteiger partial charge in [0.25, 0.3) is 5.91 Å². The van der Waals surface area contributed by atoms with Crippen LogP contribution in [0.5, 0.6) is 5.75 Å². The Hall–Kier alpha value is -2.83. The third-order valence-electron chi connectivity index (χ3n) is 4.52. The number of aromatic nitrogens is 2. The molecule has 0 aliphatic carbocycles. The summed E-state index contributed by atoms with van der Waals surface area (Å²) in [6.45, 7) is 7.87. The zero-order valence-electron chi connectivity index (χ0n) is 15.7. The summed E-state index contributed by atoms with van der Waals surface area (Å²) in [5.74, 6) is 0.433. The van der Waals surface area contributed by atoms with E-state index in [1.807, 2.05) is 33.8 Å². The SMILES string of the molecule is Cc1cc(C)n(C(C(=O)Nc2ccc3c(c2)N(C)C(=O)CO3)C(C)C)n1. The Labute approximate surface area is 152 Å². The van der Waals surface area contributed by atoms with E-state index < -0.39 is 6.04 Å². The fourth-order valence-electron chi connectivity index (χ4n) is 3.19. The lowest BCUT2D eigenvalue weighted by Crippen LogP contribution is -2.35. The van der Waals surface area contributed by atoms with Crippen LogP contribution in [0.2, 0.25) is 0 Å². The fraction of sp³-hybridized carbons (Fsp3) is 0.421. The van der Waals surface area contributed by atoms with Crippen LogP contribution < -0.4 is 15.0 Å². The highest BCUT2D eigenvalue weighted by Crippen LogP contribution is 2.34. The first-order chi connectivity index (χ1) is 12.3. The number of nitrogens with one attached hydrogen (secondary N) is 1. The minimum Gasteiger partial charge on any atom is -0.482 e. The Bertz CT molecular complexity index is 856. The van der Waals surface area contributed by atoms with Gasteiger partial charge in [-0.25, -0.2) is 0 Å². The molecule has 0 saturated carbocycles. The molecule has 2 amide bonds. The molecule has 7 heteroatoms. The van der Waals surface area contributed by atoms with E-state index in [1.165, 1.54) is 4.90 Å². The first kappa shape index (κ1) is 18.0. The standard InChI is InChI=1S/C19H24N4O3/c1-11(2)18(23-13(4)8-12(3)21-23)19(25)20-14-6-7-16-15(9-14)22(5)17(24)10-26-16/h6-9,11,18H,10H2,1-5H3,(H,20,25). The quantitative estimate of drug-likeness (QED) is 0.914. The van der Waals surface area contributed by atoms with Crippen molar-refractivity contribution in [2.75, 3.05) is 23.9 Å². The van der Waals surface area contributed by atoms with E-state index in [-0.39, 0.29) is 24.3 Å². The monoisotopic (exact) mass is 356 g/mol. The number of benzene rings is 1. The second-order valence-electron chi connectivity index (χ2n) is 6.97. The molecule has 1 unspecified atom stereocenters. The van der Waals surface area contributed by atoms with Gasteiger partial charge in [0.2, 0.25) is 5.91 Å². The fourth-order valence-corrected chi connectivity index (χ4v) is 3.19. The molecule has 0 radical (unpaired) electrons. The van der Waals surface area contributed by atoms with E-state index in [0.29, 0.717) is 17.1 Å². The first-order valence-electron chi connectivity index (χ1n) is 8.65. The molecule has 0 fully saturated rings. The molecule has 1 aliphatic heterocycles. The number of hydrogen-bond donors (Lipinski definition) is 1. The molecule has 0 bridgehead atoms. The molecule has 138 valence electrons. The van der Waals surface area contributed by atoms with Crippen molar-refractivity contribution in [1.29, 1.82) is 0 Å². The lowest BCUT2D eigenvalue weighted by molar-refractivity contribution is -0.121. The average molecular weight is 356 g/mol. The zero-order chi connectivity index (χ0) is 19.0. The number of fused-ring (bicyclic) bond motifs is 1. The summed E-state index contributed by atoms with van der Waals surface area (Å²) in [5, 5.41) is 7.42. The summed E-state index contributed by atoms with van der Waals surface area (Å²) in [6.07, 6.45) is 0. The van der Waals surface area contributed by atoms with Crippen LogP contribution in [0.4, 0.5) is 11.4 Å². The molecule has 1 atom stereocenters. The van der Waals surface area contributed by atoms with E-state index in [9.17, 15) is 9.59 Å². The van der Waals surface area contributed by atoms with E-state index >= 15 is 0 Å². The number of hydrogen-bond acceptors (Lipinski definition) is 4. The van der Waals surface area contributed by atoms with Crippen molar-refractivity contribution in [1.82, 2.24) is 9.78 Å². The predicted molar refractivity (Wildman–Crippen MR) is 99.6 cm³/mol. The Morgan fingerprint density at radius 3 is 2.62 bits per heavy atom. The van der Waals surface area contributed by atoms with Crippen LogP contribution in [0.3, 0.4) is 0 Å². The highest BCUT2D eigenvalue weighted by molar-refractivity contribution is 5.99. The number of anilines is 2. The van der Waals surface area contributed by atoms with Crippen molar-refractivity contribution in [2.45, 2.75) is 33.7 Å². The summed E-state index contributed by atoms with van der Waals surface area (Å²) in [4.78, 5) is 26.3. The lowest BCUT2D eigenvalue weighted by atomic mass is 10.0. The minimum absolute atomic E-state index is 0.0303. The van der Waals surface area contributed by atoms with Crippen molar-refractivity contribution in [3.63, 3.8) is 0 Å². The van der Waals surface area contributed by atoms with Crippen LogP contribution in [0.15, 0.2) is 24.3 Å². The molecule has 0 saturated heterocycles. The molecule has 1 aromatic heterocycles. The number of rotatable bonds is 4. The van der Waals surface area contributed by atoms with Crippen molar-refractivity contribution >= 4 is 23.2 Å². The molecule has 2 aromatic rings. The molecule has 2 heterocycles. The molecule has 0 spiro atoms. The smallest absolute Gasteiger partial charge is 0.264 e. The third-order valence-corrected chi connectivity index (χ3v) is 4.52. The van der Waals surface area contributed by atoms with Crippen molar-refractivity contribution in [2.24, 2.45) is 5.92 Å². The molecular weight excluding hydrogens is 332 g/mol. The largest absolute Gasteiger partial charge is 0.482 e. The second-order valence-corrected chi connectivity index (χ2v) is 6.97. The van der Waals surface area contributed by atoms with Gasteiger partial charge in [0.1, 0.15) is 11.8 Å². The van der Waals surface area contributed by atoms with Crippen molar-refractivity contribution < 1.29 is 14.3 Å². The average Bonchev–Trinajstić information content (AvgIpc) is 2.89. The Balaban J connectivity index is 1.86. The van der Waals surface area contributed by atoms with Crippen LogP contribution in [0.25, 0.3) is 0 Å². The Kier molecular flexibility index (Phi) is 4.71. The van der Waals surface area contributed by atoms with E-state index in [0.717, 1.165) is 11.4 Å². The lowest BCUT2D eigenvalue weighted by Gasteiger charge is -2.27. The van der Waals surface area contributed by atoms with E-state index in [2.05, 4.69) is 10.4 Å². The van der Waals surface area contributed by atoms with Gasteiger partial charge in [0.15, 0.2) is 6.61 Å².